The van der Waals surface area contributed by atoms with Crippen LogP contribution in [0.5, 0.6) is 0 Å². The molecule has 0 bridgehead atoms. The summed E-state index contributed by atoms with van der Waals surface area (Å²) in [6.07, 6.45) is 1.97. The number of halogens is 2. The quantitative estimate of drug-likeness (QED) is 0.856. The molecule has 1 N–H and O–H groups in total. The van der Waals surface area contributed by atoms with Gasteiger partial charge < -0.3 is 5.32 Å². The fourth-order valence-electron chi connectivity index (χ4n) is 1.95. The van der Waals surface area contributed by atoms with Gasteiger partial charge >= 0.3 is 0 Å². The lowest BCUT2D eigenvalue weighted by Gasteiger charge is -2.16. The topological polar surface area (TPSA) is 12.0 Å². The minimum atomic E-state index is -0.367. The van der Waals surface area contributed by atoms with Gasteiger partial charge in [-0.2, -0.15) is 11.3 Å². The number of thiophene rings is 1. The third-order valence-corrected chi connectivity index (χ3v) is 4.02. The molecule has 2 rings (SSSR count). The summed E-state index contributed by atoms with van der Waals surface area (Å²) in [5.74, 6) is -0.367. The van der Waals surface area contributed by atoms with Crippen molar-refractivity contribution in [1.82, 2.24) is 5.32 Å². The highest BCUT2D eigenvalue weighted by molar-refractivity contribution is 7.07. The third kappa shape index (κ3) is 3.31. The Morgan fingerprint density at radius 2 is 2.22 bits per heavy atom. The second-order valence-corrected chi connectivity index (χ2v) is 5.37. The molecular weight excluding hydrogens is 269 g/mol. The molecule has 0 aliphatic carbocycles. The van der Waals surface area contributed by atoms with Crippen molar-refractivity contribution in [2.75, 3.05) is 7.05 Å². The van der Waals surface area contributed by atoms with Crippen molar-refractivity contribution in [3.8, 4) is 0 Å². The molecule has 0 saturated heterocycles. The van der Waals surface area contributed by atoms with E-state index in [4.69, 9.17) is 11.6 Å². The second-order valence-electron chi connectivity index (χ2n) is 4.19. The summed E-state index contributed by atoms with van der Waals surface area (Å²) < 4.78 is 13.1. The number of benzene rings is 1. The summed E-state index contributed by atoms with van der Waals surface area (Å²) in [5.41, 5.74) is 2.37. The van der Waals surface area contributed by atoms with Crippen LogP contribution >= 0.6 is 22.9 Å². The maximum atomic E-state index is 13.1. The average Bonchev–Trinajstić information content (AvgIpc) is 2.87. The van der Waals surface area contributed by atoms with Crippen LogP contribution in [0, 0.1) is 5.82 Å². The molecule has 18 heavy (non-hydrogen) atoms. The first-order valence-corrected chi connectivity index (χ1v) is 7.16. The predicted octanol–water partition coefficient (Wildman–Crippen LogP) is 4.43. The van der Waals surface area contributed by atoms with E-state index in [1.165, 1.54) is 11.6 Å². The first-order valence-electron chi connectivity index (χ1n) is 5.84. The summed E-state index contributed by atoms with van der Waals surface area (Å²) in [5, 5.41) is 7.67. The Labute approximate surface area is 116 Å². The van der Waals surface area contributed by atoms with E-state index >= 15 is 0 Å². The molecule has 0 amide bonds. The number of rotatable bonds is 5. The average molecular weight is 284 g/mol. The normalized spacial score (nSPS) is 12.6. The van der Waals surface area contributed by atoms with E-state index in [2.05, 4.69) is 22.1 Å². The van der Waals surface area contributed by atoms with Gasteiger partial charge in [0.1, 0.15) is 5.82 Å². The lowest BCUT2D eigenvalue weighted by atomic mass is 10.0. The van der Waals surface area contributed by atoms with Crippen molar-refractivity contribution in [2.45, 2.75) is 18.9 Å². The molecule has 1 aromatic carbocycles. The minimum absolute atomic E-state index is 0.184. The number of hydrogen-bond donors (Lipinski definition) is 1. The molecule has 1 atom stereocenters. The highest BCUT2D eigenvalue weighted by Crippen LogP contribution is 2.24. The predicted molar refractivity (Wildman–Crippen MR) is 75.9 cm³/mol. The van der Waals surface area contributed by atoms with Gasteiger partial charge in [0, 0.05) is 6.04 Å². The lowest BCUT2D eigenvalue weighted by molar-refractivity contribution is 0.547. The van der Waals surface area contributed by atoms with E-state index in [-0.39, 0.29) is 16.9 Å². The van der Waals surface area contributed by atoms with Crippen LogP contribution in [0.3, 0.4) is 0 Å². The van der Waals surface area contributed by atoms with E-state index in [0.29, 0.717) is 0 Å². The molecule has 96 valence electrons. The Morgan fingerprint density at radius 1 is 1.39 bits per heavy atom. The van der Waals surface area contributed by atoms with E-state index in [1.54, 1.807) is 23.5 Å². The van der Waals surface area contributed by atoms with Crippen LogP contribution in [0.25, 0.3) is 0 Å². The molecule has 1 heterocycles. The Bertz CT molecular complexity index is 499. The fraction of sp³-hybridized carbons (Fsp3) is 0.286. The monoisotopic (exact) mass is 283 g/mol. The Balaban J connectivity index is 2.05. The van der Waals surface area contributed by atoms with Gasteiger partial charge in [0.05, 0.1) is 5.02 Å². The highest BCUT2D eigenvalue weighted by atomic mass is 35.5. The first-order chi connectivity index (χ1) is 8.70. The van der Waals surface area contributed by atoms with Gasteiger partial charge in [0.25, 0.3) is 0 Å². The summed E-state index contributed by atoms with van der Waals surface area (Å²) in [4.78, 5) is 0. The van der Waals surface area contributed by atoms with E-state index in [0.717, 1.165) is 18.4 Å². The molecule has 0 aliphatic rings. The minimum Gasteiger partial charge on any atom is -0.313 e. The fourth-order valence-corrected chi connectivity index (χ4v) is 2.84. The zero-order chi connectivity index (χ0) is 13.0. The summed E-state index contributed by atoms with van der Waals surface area (Å²) in [7, 11) is 1.91. The summed E-state index contributed by atoms with van der Waals surface area (Å²) in [6, 6.07) is 7.24. The lowest BCUT2D eigenvalue weighted by Crippen LogP contribution is -2.17. The molecule has 0 saturated carbocycles. The Morgan fingerprint density at radius 3 is 2.83 bits per heavy atom. The van der Waals surface area contributed by atoms with Crippen molar-refractivity contribution >= 4 is 22.9 Å². The number of hydrogen-bond acceptors (Lipinski definition) is 2. The Kier molecular flexibility index (Phi) is 4.75. The van der Waals surface area contributed by atoms with Crippen LogP contribution in [0.4, 0.5) is 4.39 Å². The molecule has 1 unspecified atom stereocenters. The molecule has 4 heteroatoms. The SMILES string of the molecule is CNC(CCc1ccsc1)c1ccc(F)c(Cl)c1. The van der Waals surface area contributed by atoms with Crippen LogP contribution < -0.4 is 5.32 Å². The third-order valence-electron chi connectivity index (χ3n) is 3.00. The van der Waals surface area contributed by atoms with Crippen LogP contribution in [0.2, 0.25) is 5.02 Å². The van der Waals surface area contributed by atoms with E-state index in [1.807, 2.05) is 7.05 Å². The van der Waals surface area contributed by atoms with Gasteiger partial charge in [0.2, 0.25) is 0 Å². The second kappa shape index (κ2) is 6.32. The van der Waals surface area contributed by atoms with Gasteiger partial charge in [-0.1, -0.05) is 17.7 Å². The van der Waals surface area contributed by atoms with E-state index < -0.39 is 0 Å². The number of aryl methyl sites for hydroxylation is 1. The maximum absolute atomic E-state index is 13.1. The molecule has 0 radical (unpaired) electrons. The van der Waals surface area contributed by atoms with Crippen molar-refractivity contribution in [1.29, 1.82) is 0 Å². The Hall–Kier alpha value is -0.900. The van der Waals surface area contributed by atoms with Crippen LogP contribution in [-0.4, -0.2) is 7.05 Å². The van der Waals surface area contributed by atoms with Crippen molar-refractivity contribution in [2.24, 2.45) is 0 Å². The maximum Gasteiger partial charge on any atom is 0.141 e. The van der Waals surface area contributed by atoms with Gasteiger partial charge in [-0.25, -0.2) is 4.39 Å². The van der Waals surface area contributed by atoms with Gasteiger partial charge in [0.15, 0.2) is 0 Å². The molecule has 0 spiro atoms. The van der Waals surface area contributed by atoms with Gasteiger partial charge in [-0.15, -0.1) is 0 Å². The van der Waals surface area contributed by atoms with Crippen molar-refractivity contribution in [3.05, 3.63) is 57.0 Å². The highest BCUT2D eigenvalue weighted by Gasteiger charge is 2.11. The smallest absolute Gasteiger partial charge is 0.141 e. The zero-order valence-electron chi connectivity index (χ0n) is 10.1. The molecular formula is C14H15ClFNS. The van der Waals surface area contributed by atoms with E-state index in [9.17, 15) is 4.39 Å². The van der Waals surface area contributed by atoms with Crippen LogP contribution in [-0.2, 0) is 6.42 Å². The summed E-state index contributed by atoms with van der Waals surface area (Å²) >= 11 is 7.52. The molecule has 2 aromatic rings. The first kappa shape index (κ1) is 13.5. The molecule has 1 aromatic heterocycles. The number of nitrogens with one attached hydrogen (secondary N) is 1. The molecule has 1 nitrogen and oxygen atoms in total. The molecule has 0 aliphatic heterocycles. The van der Waals surface area contributed by atoms with Gasteiger partial charge in [-0.3, -0.25) is 0 Å². The van der Waals surface area contributed by atoms with Crippen molar-refractivity contribution < 1.29 is 4.39 Å². The largest absolute Gasteiger partial charge is 0.313 e. The standard InChI is InChI=1S/C14H15ClFNS/c1-17-14(5-2-10-6-7-18-9-10)11-3-4-13(16)12(15)8-11/h3-4,6-9,14,17H,2,5H2,1H3. The molecule has 0 fully saturated rings. The van der Waals surface area contributed by atoms with Crippen LogP contribution in [0.15, 0.2) is 35.0 Å². The van der Waals surface area contributed by atoms with Crippen LogP contribution in [0.1, 0.15) is 23.6 Å². The van der Waals surface area contributed by atoms with Crippen molar-refractivity contribution in [3.63, 3.8) is 0 Å². The zero-order valence-corrected chi connectivity index (χ0v) is 11.7. The summed E-state index contributed by atoms with van der Waals surface area (Å²) in [6.45, 7) is 0. The van der Waals surface area contributed by atoms with Gasteiger partial charge in [-0.05, 0) is 60.0 Å².